The Morgan fingerprint density at radius 2 is 2.00 bits per heavy atom. The molecule has 2 atom stereocenters. The SMILES string of the molecule is C=CC(Cc1ccccc1Cl)n1cncc1Cc1ccc(NC(C)C(=O)O)cc1. The summed E-state index contributed by atoms with van der Waals surface area (Å²) in [5.41, 5.74) is 4.03. The molecule has 0 saturated heterocycles. The van der Waals surface area contributed by atoms with Gasteiger partial charge >= 0.3 is 5.97 Å². The molecule has 1 aromatic heterocycles. The van der Waals surface area contributed by atoms with Crippen LogP contribution in [0, 0.1) is 0 Å². The van der Waals surface area contributed by atoms with Gasteiger partial charge in [0.05, 0.1) is 12.4 Å². The average molecular weight is 410 g/mol. The highest BCUT2D eigenvalue weighted by atomic mass is 35.5. The number of allylic oxidation sites excluding steroid dienone is 1. The molecule has 0 aliphatic heterocycles. The zero-order chi connectivity index (χ0) is 20.8. The molecule has 0 amide bonds. The minimum Gasteiger partial charge on any atom is -0.480 e. The monoisotopic (exact) mass is 409 g/mol. The first-order chi connectivity index (χ1) is 14.0. The smallest absolute Gasteiger partial charge is 0.325 e. The van der Waals surface area contributed by atoms with Gasteiger partial charge in [0.25, 0.3) is 0 Å². The third kappa shape index (κ3) is 5.27. The molecule has 0 aliphatic carbocycles. The Morgan fingerprint density at radius 3 is 2.66 bits per heavy atom. The summed E-state index contributed by atoms with van der Waals surface area (Å²) in [5.74, 6) is -0.882. The molecule has 5 nitrogen and oxygen atoms in total. The Morgan fingerprint density at radius 1 is 1.28 bits per heavy atom. The van der Waals surface area contributed by atoms with Crippen LogP contribution in [0.1, 0.15) is 29.8 Å². The Balaban J connectivity index is 1.73. The van der Waals surface area contributed by atoms with Crippen LogP contribution in [0.25, 0.3) is 0 Å². The third-order valence-electron chi connectivity index (χ3n) is 4.86. The van der Waals surface area contributed by atoms with Crippen molar-refractivity contribution in [3.63, 3.8) is 0 Å². The molecular weight excluding hydrogens is 386 g/mol. The van der Waals surface area contributed by atoms with Crippen LogP contribution in [0.2, 0.25) is 5.02 Å². The number of hydrogen-bond donors (Lipinski definition) is 2. The number of anilines is 1. The fourth-order valence-electron chi connectivity index (χ4n) is 3.19. The van der Waals surface area contributed by atoms with Crippen LogP contribution in [0.4, 0.5) is 5.69 Å². The summed E-state index contributed by atoms with van der Waals surface area (Å²) in [5, 5.41) is 12.7. The van der Waals surface area contributed by atoms with Gasteiger partial charge in [0, 0.05) is 29.0 Å². The molecule has 0 spiro atoms. The maximum Gasteiger partial charge on any atom is 0.325 e. The quantitative estimate of drug-likeness (QED) is 0.489. The Labute approximate surface area is 175 Å². The number of aliphatic carboxylic acids is 1. The minimum atomic E-state index is -0.882. The van der Waals surface area contributed by atoms with Crippen LogP contribution >= 0.6 is 11.6 Å². The second-order valence-electron chi connectivity index (χ2n) is 6.97. The molecule has 0 saturated carbocycles. The molecule has 0 fully saturated rings. The first-order valence-corrected chi connectivity index (χ1v) is 9.80. The van der Waals surface area contributed by atoms with E-state index in [0.29, 0.717) is 6.42 Å². The minimum absolute atomic E-state index is 0.0461. The van der Waals surface area contributed by atoms with Crippen LogP contribution in [-0.2, 0) is 17.6 Å². The zero-order valence-corrected chi connectivity index (χ0v) is 17.0. The molecule has 29 heavy (non-hydrogen) atoms. The number of rotatable bonds is 9. The summed E-state index contributed by atoms with van der Waals surface area (Å²) in [6, 6.07) is 15.0. The molecule has 0 aliphatic rings. The van der Waals surface area contributed by atoms with E-state index in [1.165, 1.54) is 0 Å². The van der Waals surface area contributed by atoms with Gasteiger partial charge in [0.15, 0.2) is 0 Å². The number of carboxylic acid groups (broad SMARTS) is 1. The van der Waals surface area contributed by atoms with Crippen molar-refractivity contribution in [2.45, 2.75) is 31.8 Å². The zero-order valence-electron chi connectivity index (χ0n) is 16.3. The molecule has 0 radical (unpaired) electrons. The van der Waals surface area contributed by atoms with Gasteiger partial charge in [-0.3, -0.25) is 4.79 Å². The van der Waals surface area contributed by atoms with Crippen LogP contribution in [0.3, 0.4) is 0 Å². The van der Waals surface area contributed by atoms with Crippen LogP contribution in [-0.4, -0.2) is 26.7 Å². The van der Waals surface area contributed by atoms with Gasteiger partial charge in [-0.2, -0.15) is 0 Å². The number of carbonyl (C=O) groups is 1. The van der Waals surface area contributed by atoms with E-state index < -0.39 is 12.0 Å². The Kier molecular flexibility index (Phi) is 6.73. The fourth-order valence-corrected chi connectivity index (χ4v) is 3.40. The molecule has 1 heterocycles. The van der Waals surface area contributed by atoms with E-state index in [9.17, 15) is 4.79 Å². The molecule has 0 bridgehead atoms. The molecule has 150 valence electrons. The number of imidazole rings is 1. The van der Waals surface area contributed by atoms with Crippen molar-refractivity contribution in [2.24, 2.45) is 0 Å². The molecule has 6 heteroatoms. The normalized spacial score (nSPS) is 12.9. The van der Waals surface area contributed by atoms with Crippen molar-refractivity contribution in [1.82, 2.24) is 9.55 Å². The lowest BCUT2D eigenvalue weighted by Crippen LogP contribution is -2.25. The summed E-state index contributed by atoms with van der Waals surface area (Å²) in [6.45, 7) is 5.61. The number of carboxylic acids is 1. The van der Waals surface area contributed by atoms with Crippen molar-refractivity contribution in [2.75, 3.05) is 5.32 Å². The lowest BCUT2D eigenvalue weighted by molar-refractivity contribution is -0.137. The lowest BCUT2D eigenvalue weighted by atomic mass is 10.0. The van der Waals surface area contributed by atoms with E-state index in [4.69, 9.17) is 16.7 Å². The Bertz CT molecular complexity index is 982. The first-order valence-electron chi connectivity index (χ1n) is 9.43. The summed E-state index contributed by atoms with van der Waals surface area (Å²) in [6.07, 6.45) is 7.05. The molecule has 3 rings (SSSR count). The second kappa shape index (κ2) is 9.43. The van der Waals surface area contributed by atoms with E-state index in [1.807, 2.05) is 67.1 Å². The van der Waals surface area contributed by atoms with Crippen LogP contribution in [0.15, 0.2) is 73.7 Å². The van der Waals surface area contributed by atoms with Crippen LogP contribution < -0.4 is 5.32 Å². The molecule has 2 aromatic carbocycles. The average Bonchev–Trinajstić information content (AvgIpc) is 3.16. The van der Waals surface area contributed by atoms with Gasteiger partial charge in [-0.15, -0.1) is 6.58 Å². The molecule has 2 N–H and O–H groups in total. The fraction of sp³-hybridized carbons (Fsp3) is 0.217. The van der Waals surface area contributed by atoms with E-state index in [2.05, 4.69) is 21.4 Å². The standard InChI is InChI=1S/C23H24ClN3O2/c1-3-20(13-18-6-4-5-7-22(18)24)27-15-25-14-21(27)12-17-8-10-19(11-9-17)26-16(2)23(28)29/h3-11,14-16,20,26H,1,12-13H2,2H3,(H,28,29). The second-order valence-corrected chi connectivity index (χ2v) is 7.38. The highest BCUT2D eigenvalue weighted by Gasteiger charge is 2.14. The predicted molar refractivity (Wildman–Crippen MR) is 117 cm³/mol. The highest BCUT2D eigenvalue weighted by molar-refractivity contribution is 6.31. The van der Waals surface area contributed by atoms with Gasteiger partial charge in [-0.05, 0) is 42.7 Å². The van der Waals surface area contributed by atoms with Gasteiger partial charge in [-0.25, -0.2) is 4.98 Å². The predicted octanol–water partition coefficient (Wildman–Crippen LogP) is 4.98. The molecular formula is C23H24ClN3O2. The summed E-state index contributed by atoms with van der Waals surface area (Å²) in [7, 11) is 0. The number of hydrogen-bond acceptors (Lipinski definition) is 3. The van der Waals surface area contributed by atoms with E-state index in [-0.39, 0.29) is 6.04 Å². The maximum atomic E-state index is 11.0. The first kappa shape index (κ1) is 20.7. The molecule has 2 unspecified atom stereocenters. The number of benzene rings is 2. The van der Waals surface area contributed by atoms with Crippen molar-refractivity contribution < 1.29 is 9.90 Å². The number of aromatic nitrogens is 2. The number of nitrogens with zero attached hydrogens (tertiary/aromatic N) is 2. The van der Waals surface area contributed by atoms with Crippen molar-refractivity contribution >= 4 is 23.3 Å². The Hall–Kier alpha value is -3.05. The van der Waals surface area contributed by atoms with Crippen molar-refractivity contribution in [3.8, 4) is 0 Å². The highest BCUT2D eigenvalue weighted by Crippen LogP contribution is 2.24. The summed E-state index contributed by atoms with van der Waals surface area (Å²) in [4.78, 5) is 15.3. The molecule has 3 aromatic rings. The third-order valence-corrected chi connectivity index (χ3v) is 5.22. The summed E-state index contributed by atoms with van der Waals surface area (Å²) >= 11 is 6.32. The topological polar surface area (TPSA) is 67.2 Å². The summed E-state index contributed by atoms with van der Waals surface area (Å²) < 4.78 is 2.12. The maximum absolute atomic E-state index is 11.0. The number of nitrogens with one attached hydrogen (secondary N) is 1. The van der Waals surface area contributed by atoms with E-state index in [1.54, 1.807) is 6.92 Å². The lowest BCUT2D eigenvalue weighted by Gasteiger charge is -2.18. The van der Waals surface area contributed by atoms with Gasteiger partial charge in [0.2, 0.25) is 0 Å². The van der Waals surface area contributed by atoms with E-state index in [0.717, 1.165) is 34.0 Å². The van der Waals surface area contributed by atoms with Gasteiger partial charge in [-0.1, -0.05) is 48.0 Å². The van der Waals surface area contributed by atoms with Crippen molar-refractivity contribution in [3.05, 3.63) is 95.6 Å². The van der Waals surface area contributed by atoms with E-state index >= 15 is 0 Å². The van der Waals surface area contributed by atoms with Crippen LogP contribution in [0.5, 0.6) is 0 Å². The van der Waals surface area contributed by atoms with Crippen molar-refractivity contribution in [1.29, 1.82) is 0 Å². The largest absolute Gasteiger partial charge is 0.480 e. The number of halogens is 1. The van der Waals surface area contributed by atoms with Gasteiger partial charge in [0.1, 0.15) is 6.04 Å². The van der Waals surface area contributed by atoms with Gasteiger partial charge < -0.3 is 15.0 Å².